The lowest BCUT2D eigenvalue weighted by molar-refractivity contribution is -0.121. The predicted molar refractivity (Wildman–Crippen MR) is 79.6 cm³/mol. The zero-order valence-electron chi connectivity index (χ0n) is 11.5. The van der Waals surface area contributed by atoms with Crippen molar-refractivity contribution >= 4 is 5.91 Å². The van der Waals surface area contributed by atoms with E-state index in [1.807, 2.05) is 31.2 Å². The van der Waals surface area contributed by atoms with Crippen LogP contribution in [0.15, 0.2) is 54.6 Å². The Balaban J connectivity index is 1.85. The maximum Gasteiger partial charge on any atom is 0.224 e. The first-order valence-electron chi connectivity index (χ1n) is 6.74. The van der Waals surface area contributed by atoms with Crippen LogP contribution in [-0.4, -0.2) is 17.1 Å². The van der Waals surface area contributed by atoms with Crippen LogP contribution in [-0.2, 0) is 17.6 Å². The lowest BCUT2D eigenvalue weighted by Crippen LogP contribution is -2.35. The number of phenolic OH excluding ortho intramolecular Hbond substituents is 1. The zero-order chi connectivity index (χ0) is 14.4. The van der Waals surface area contributed by atoms with Gasteiger partial charge in [0.1, 0.15) is 5.75 Å². The van der Waals surface area contributed by atoms with Gasteiger partial charge in [-0.15, -0.1) is 0 Å². The molecule has 0 heterocycles. The summed E-state index contributed by atoms with van der Waals surface area (Å²) in [7, 11) is 0. The molecule has 0 spiro atoms. The lowest BCUT2D eigenvalue weighted by Gasteiger charge is -2.14. The van der Waals surface area contributed by atoms with Crippen molar-refractivity contribution in [2.24, 2.45) is 0 Å². The van der Waals surface area contributed by atoms with Crippen LogP contribution in [0.4, 0.5) is 0 Å². The molecule has 20 heavy (non-hydrogen) atoms. The average molecular weight is 269 g/mol. The Bertz CT molecular complexity index is 566. The minimum atomic E-state index is -0.0287. The largest absolute Gasteiger partial charge is 0.508 e. The summed E-state index contributed by atoms with van der Waals surface area (Å²) < 4.78 is 0. The minimum Gasteiger partial charge on any atom is -0.508 e. The minimum absolute atomic E-state index is 0.0287. The van der Waals surface area contributed by atoms with E-state index in [0.717, 1.165) is 12.0 Å². The maximum atomic E-state index is 11.9. The highest BCUT2D eigenvalue weighted by molar-refractivity contribution is 5.78. The van der Waals surface area contributed by atoms with Gasteiger partial charge >= 0.3 is 0 Å². The maximum absolute atomic E-state index is 11.9. The molecule has 0 saturated heterocycles. The van der Waals surface area contributed by atoms with E-state index in [2.05, 4.69) is 17.4 Å². The summed E-state index contributed by atoms with van der Waals surface area (Å²) in [5, 5.41) is 12.3. The molecule has 3 heteroatoms. The molecule has 0 bridgehead atoms. The fourth-order valence-electron chi connectivity index (χ4n) is 2.20. The lowest BCUT2D eigenvalue weighted by atomic mass is 10.1. The van der Waals surface area contributed by atoms with Crippen molar-refractivity contribution in [3.8, 4) is 5.75 Å². The molecule has 0 radical (unpaired) electrons. The topological polar surface area (TPSA) is 49.3 Å². The van der Waals surface area contributed by atoms with Gasteiger partial charge < -0.3 is 10.4 Å². The monoisotopic (exact) mass is 269 g/mol. The molecule has 1 unspecified atom stereocenters. The number of hydrogen-bond donors (Lipinski definition) is 2. The van der Waals surface area contributed by atoms with Gasteiger partial charge in [0.2, 0.25) is 5.91 Å². The molecular weight excluding hydrogens is 250 g/mol. The number of amides is 1. The van der Waals surface area contributed by atoms with Gasteiger partial charge in [-0.1, -0.05) is 42.5 Å². The zero-order valence-corrected chi connectivity index (χ0v) is 11.5. The van der Waals surface area contributed by atoms with Gasteiger partial charge in [0, 0.05) is 6.04 Å². The molecule has 0 fully saturated rings. The van der Waals surface area contributed by atoms with Crippen molar-refractivity contribution in [3.63, 3.8) is 0 Å². The molecule has 0 aliphatic carbocycles. The first kappa shape index (κ1) is 14.1. The van der Waals surface area contributed by atoms with Gasteiger partial charge in [-0.05, 0) is 36.6 Å². The standard InChI is InChI=1S/C17H19NO2/c1-13(10-14-6-3-2-4-7-14)18-17(20)12-15-8-5-9-16(19)11-15/h2-9,11,13,19H,10,12H2,1H3,(H,18,20). The van der Waals surface area contributed by atoms with Gasteiger partial charge in [-0.3, -0.25) is 4.79 Å². The second-order valence-electron chi connectivity index (χ2n) is 5.00. The number of carbonyl (C=O) groups is 1. The molecule has 104 valence electrons. The third kappa shape index (κ3) is 4.43. The van der Waals surface area contributed by atoms with Crippen LogP contribution in [0.1, 0.15) is 18.1 Å². The number of benzene rings is 2. The number of rotatable bonds is 5. The van der Waals surface area contributed by atoms with E-state index in [1.54, 1.807) is 18.2 Å². The highest BCUT2D eigenvalue weighted by Crippen LogP contribution is 2.11. The highest BCUT2D eigenvalue weighted by Gasteiger charge is 2.09. The van der Waals surface area contributed by atoms with Crippen LogP contribution in [0.5, 0.6) is 5.75 Å². The van der Waals surface area contributed by atoms with Gasteiger partial charge in [-0.25, -0.2) is 0 Å². The molecular formula is C17H19NO2. The summed E-state index contributed by atoms with van der Waals surface area (Å²) in [4.78, 5) is 11.9. The van der Waals surface area contributed by atoms with E-state index in [9.17, 15) is 9.90 Å². The average Bonchev–Trinajstić information content (AvgIpc) is 2.39. The molecule has 1 amide bonds. The van der Waals surface area contributed by atoms with E-state index in [0.29, 0.717) is 0 Å². The van der Waals surface area contributed by atoms with Crippen molar-refractivity contribution in [1.82, 2.24) is 5.32 Å². The summed E-state index contributed by atoms with van der Waals surface area (Å²) in [6.07, 6.45) is 1.10. The van der Waals surface area contributed by atoms with Crippen molar-refractivity contribution < 1.29 is 9.90 Å². The van der Waals surface area contributed by atoms with Crippen LogP contribution in [0.3, 0.4) is 0 Å². The fraction of sp³-hybridized carbons (Fsp3) is 0.235. The smallest absolute Gasteiger partial charge is 0.224 e. The van der Waals surface area contributed by atoms with Crippen LogP contribution in [0, 0.1) is 0 Å². The predicted octanol–water partition coefficient (Wildman–Crippen LogP) is 2.68. The van der Waals surface area contributed by atoms with Crippen LogP contribution in [0.25, 0.3) is 0 Å². The third-order valence-corrected chi connectivity index (χ3v) is 3.07. The van der Waals surface area contributed by atoms with E-state index in [1.165, 1.54) is 5.56 Å². The molecule has 3 nitrogen and oxygen atoms in total. The fourth-order valence-corrected chi connectivity index (χ4v) is 2.20. The summed E-state index contributed by atoms with van der Waals surface area (Å²) in [5.41, 5.74) is 2.02. The Morgan fingerprint density at radius 3 is 2.50 bits per heavy atom. The van der Waals surface area contributed by atoms with Crippen molar-refractivity contribution in [2.75, 3.05) is 0 Å². The summed E-state index contributed by atoms with van der Waals surface area (Å²) >= 11 is 0. The van der Waals surface area contributed by atoms with Crippen molar-refractivity contribution in [2.45, 2.75) is 25.8 Å². The van der Waals surface area contributed by atoms with Crippen molar-refractivity contribution in [1.29, 1.82) is 0 Å². The molecule has 0 aliphatic heterocycles. The second kappa shape index (κ2) is 6.75. The molecule has 0 aromatic heterocycles. The van der Waals surface area contributed by atoms with E-state index < -0.39 is 0 Å². The first-order chi connectivity index (χ1) is 9.63. The van der Waals surface area contributed by atoms with Gasteiger partial charge in [-0.2, -0.15) is 0 Å². The molecule has 2 rings (SSSR count). The Morgan fingerprint density at radius 1 is 1.10 bits per heavy atom. The van der Waals surface area contributed by atoms with Crippen molar-refractivity contribution in [3.05, 3.63) is 65.7 Å². The number of hydrogen-bond acceptors (Lipinski definition) is 2. The molecule has 1 atom stereocenters. The normalized spacial score (nSPS) is 11.8. The number of aromatic hydroxyl groups is 1. The Hall–Kier alpha value is -2.29. The number of nitrogens with one attached hydrogen (secondary N) is 1. The molecule has 0 saturated carbocycles. The first-order valence-corrected chi connectivity index (χ1v) is 6.74. The quantitative estimate of drug-likeness (QED) is 0.876. The number of phenols is 1. The highest BCUT2D eigenvalue weighted by atomic mass is 16.3. The van der Waals surface area contributed by atoms with Crippen LogP contribution in [0.2, 0.25) is 0 Å². The molecule has 2 aromatic rings. The van der Waals surface area contributed by atoms with Gasteiger partial charge in [0.15, 0.2) is 0 Å². The Morgan fingerprint density at radius 2 is 1.80 bits per heavy atom. The Labute approximate surface area is 119 Å². The molecule has 2 N–H and O–H groups in total. The summed E-state index contributed by atoms with van der Waals surface area (Å²) in [5.74, 6) is 0.159. The summed E-state index contributed by atoms with van der Waals surface area (Å²) in [6.45, 7) is 1.99. The van der Waals surface area contributed by atoms with Gasteiger partial charge in [0.05, 0.1) is 6.42 Å². The van der Waals surface area contributed by atoms with Crippen LogP contribution >= 0.6 is 0 Å². The second-order valence-corrected chi connectivity index (χ2v) is 5.00. The van der Waals surface area contributed by atoms with E-state index in [-0.39, 0.29) is 24.1 Å². The van der Waals surface area contributed by atoms with Crippen LogP contribution < -0.4 is 5.32 Å². The molecule has 2 aromatic carbocycles. The molecule has 0 aliphatic rings. The summed E-state index contributed by atoms with van der Waals surface area (Å²) in [6, 6.07) is 17.0. The Kier molecular flexibility index (Phi) is 4.77. The van der Waals surface area contributed by atoms with E-state index >= 15 is 0 Å². The SMILES string of the molecule is CC(Cc1ccccc1)NC(=O)Cc1cccc(O)c1. The van der Waals surface area contributed by atoms with Gasteiger partial charge in [0.25, 0.3) is 0 Å². The van der Waals surface area contributed by atoms with E-state index in [4.69, 9.17) is 0 Å². The third-order valence-electron chi connectivity index (χ3n) is 3.07. The number of carbonyl (C=O) groups excluding carboxylic acids is 1.